The molecule has 0 saturated carbocycles. The van der Waals surface area contributed by atoms with Crippen LogP contribution in [0.25, 0.3) is 11.1 Å². The summed E-state index contributed by atoms with van der Waals surface area (Å²) < 4.78 is 0. The van der Waals surface area contributed by atoms with Crippen LogP contribution in [0.5, 0.6) is 34.5 Å². The average molecular weight is 250 g/mol. The third-order valence-corrected chi connectivity index (χ3v) is 2.47. The van der Waals surface area contributed by atoms with E-state index in [1.165, 1.54) is 0 Å². The summed E-state index contributed by atoms with van der Waals surface area (Å²) in [6.07, 6.45) is 0. The van der Waals surface area contributed by atoms with Crippen LogP contribution < -0.4 is 0 Å². The predicted molar refractivity (Wildman–Crippen MR) is 61.9 cm³/mol. The Morgan fingerprint density at radius 3 is 0.889 bits per heavy atom. The normalized spacial score (nSPS) is 10.4. The predicted octanol–water partition coefficient (Wildman–Crippen LogP) is 1.59. The molecule has 0 aromatic heterocycles. The Hall–Kier alpha value is -2.76. The van der Waals surface area contributed by atoms with E-state index in [4.69, 9.17) is 0 Å². The third kappa shape index (κ3) is 1.80. The highest BCUT2D eigenvalue weighted by Gasteiger charge is 2.13. The molecule has 6 nitrogen and oxygen atoms in total. The zero-order valence-electron chi connectivity index (χ0n) is 8.99. The van der Waals surface area contributed by atoms with Crippen molar-refractivity contribution in [1.82, 2.24) is 0 Å². The number of hydrogen-bond donors (Lipinski definition) is 6. The van der Waals surface area contributed by atoms with Gasteiger partial charge >= 0.3 is 0 Å². The molecule has 0 amide bonds. The second kappa shape index (κ2) is 3.92. The lowest BCUT2D eigenvalue weighted by Crippen LogP contribution is -1.81. The van der Waals surface area contributed by atoms with Crippen molar-refractivity contribution in [2.75, 3.05) is 0 Å². The molecule has 0 fully saturated rings. The van der Waals surface area contributed by atoms with Gasteiger partial charge in [0.1, 0.15) is 0 Å². The van der Waals surface area contributed by atoms with Crippen molar-refractivity contribution < 1.29 is 30.6 Å². The molecule has 2 rings (SSSR count). The number of hydrogen-bond acceptors (Lipinski definition) is 6. The Labute approximate surface area is 101 Å². The van der Waals surface area contributed by atoms with E-state index in [0.717, 1.165) is 24.3 Å². The van der Waals surface area contributed by atoms with E-state index in [9.17, 15) is 30.6 Å². The van der Waals surface area contributed by atoms with Gasteiger partial charge in [-0.25, -0.2) is 0 Å². The third-order valence-electron chi connectivity index (χ3n) is 2.47. The van der Waals surface area contributed by atoms with Crippen LogP contribution in [0.2, 0.25) is 0 Å². The number of rotatable bonds is 1. The van der Waals surface area contributed by atoms with Crippen LogP contribution in [0.1, 0.15) is 0 Å². The van der Waals surface area contributed by atoms with Crippen LogP contribution in [0.4, 0.5) is 0 Å². The molecule has 6 heteroatoms. The van der Waals surface area contributed by atoms with E-state index in [2.05, 4.69) is 0 Å². The van der Waals surface area contributed by atoms with Crippen LogP contribution >= 0.6 is 0 Å². The van der Waals surface area contributed by atoms with Gasteiger partial charge in [-0.05, 0) is 35.4 Å². The fraction of sp³-hybridized carbons (Fsp3) is 0. The fourth-order valence-electron chi connectivity index (χ4n) is 1.54. The van der Waals surface area contributed by atoms with Crippen LogP contribution in [-0.4, -0.2) is 30.6 Å². The first-order valence-corrected chi connectivity index (χ1v) is 4.90. The second-order valence-electron chi connectivity index (χ2n) is 3.73. The van der Waals surface area contributed by atoms with Crippen molar-refractivity contribution in [3.05, 3.63) is 24.3 Å². The van der Waals surface area contributed by atoms with Gasteiger partial charge in [0.05, 0.1) is 0 Å². The average Bonchev–Trinajstić information content (AvgIpc) is 2.31. The van der Waals surface area contributed by atoms with E-state index >= 15 is 0 Å². The van der Waals surface area contributed by atoms with Gasteiger partial charge < -0.3 is 30.6 Å². The molecule has 18 heavy (non-hydrogen) atoms. The first-order valence-electron chi connectivity index (χ1n) is 4.90. The molecule has 0 heterocycles. The van der Waals surface area contributed by atoms with E-state index in [1.54, 1.807) is 0 Å². The smallest absolute Gasteiger partial charge is 0.200 e. The molecule has 0 saturated heterocycles. The van der Waals surface area contributed by atoms with Crippen LogP contribution in [-0.2, 0) is 0 Å². The minimum absolute atomic E-state index is 0.244. The maximum absolute atomic E-state index is 9.35. The molecule has 0 bridgehead atoms. The van der Waals surface area contributed by atoms with Gasteiger partial charge in [0.15, 0.2) is 34.5 Å². The monoisotopic (exact) mass is 250 g/mol. The summed E-state index contributed by atoms with van der Waals surface area (Å²) in [4.78, 5) is 0. The summed E-state index contributed by atoms with van der Waals surface area (Å²) in [5.74, 6) is -3.50. The number of benzene rings is 2. The van der Waals surface area contributed by atoms with Gasteiger partial charge in [-0.2, -0.15) is 0 Å². The lowest BCUT2D eigenvalue weighted by Gasteiger charge is -2.08. The Bertz CT molecular complexity index is 518. The zero-order chi connectivity index (χ0) is 13.4. The van der Waals surface area contributed by atoms with Crippen molar-refractivity contribution in [3.63, 3.8) is 0 Å². The van der Waals surface area contributed by atoms with E-state index < -0.39 is 34.5 Å². The fourth-order valence-corrected chi connectivity index (χ4v) is 1.54. The van der Waals surface area contributed by atoms with Crippen LogP contribution in [0.15, 0.2) is 24.3 Å². The maximum atomic E-state index is 9.35. The van der Waals surface area contributed by atoms with Gasteiger partial charge in [0.2, 0.25) is 0 Å². The van der Waals surface area contributed by atoms with E-state index in [-0.39, 0.29) is 11.1 Å². The molecular weight excluding hydrogens is 240 g/mol. The molecular formula is C12H10O6. The Morgan fingerprint density at radius 1 is 0.444 bits per heavy atom. The van der Waals surface area contributed by atoms with Gasteiger partial charge in [-0.1, -0.05) is 0 Å². The molecule has 2 aromatic rings. The number of phenolic OH excluding ortho intramolecular Hbond substituents is 6. The summed E-state index contributed by atoms with van der Waals surface area (Å²) in [6.45, 7) is 0. The minimum Gasteiger partial charge on any atom is -0.504 e. The Morgan fingerprint density at radius 2 is 0.667 bits per heavy atom. The SMILES string of the molecule is Oc1cc(-c2cc(O)c(O)c(O)c2)cc(O)c1O. The minimum atomic E-state index is -0.661. The number of aromatic hydroxyl groups is 6. The van der Waals surface area contributed by atoms with Crippen molar-refractivity contribution in [1.29, 1.82) is 0 Å². The highest BCUT2D eigenvalue weighted by atomic mass is 16.3. The first kappa shape index (κ1) is 11.7. The largest absolute Gasteiger partial charge is 0.504 e. The molecule has 0 aliphatic rings. The lowest BCUT2D eigenvalue weighted by molar-refractivity contribution is 0.367. The molecule has 0 spiro atoms. The van der Waals surface area contributed by atoms with Crippen molar-refractivity contribution >= 4 is 0 Å². The molecule has 0 unspecified atom stereocenters. The van der Waals surface area contributed by atoms with Gasteiger partial charge in [0, 0.05) is 0 Å². The summed E-state index contributed by atoms with van der Waals surface area (Å²) >= 11 is 0. The summed E-state index contributed by atoms with van der Waals surface area (Å²) in [5.41, 5.74) is 0.488. The molecule has 0 radical (unpaired) electrons. The molecule has 2 aromatic carbocycles. The Balaban J connectivity index is 2.63. The standard InChI is InChI=1S/C12H10O6/c13-7-1-5(2-8(14)11(7)17)6-3-9(15)12(18)10(16)4-6/h1-4,13-18H. The van der Waals surface area contributed by atoms with Crippen molar-refractivity contribution in [2.45, 2.75) is 0 Å². The Kier molecular flexibility index (Phi) is 2.55. The van der Waals surface area contributed by atoms with Crippen LogP contribution in [0, 0.1) is 0 Å². The molecule has 0 atom stereocenters. The molecule has 0 aliphatic carbocycles. The van der Waals surface area contributed by atoms with Crippen molar-refractivity contribution in [3.8, 4) is 45.6 Å². The lowest BCUT2D eigenvalue weighted by atomic mass is 10.0. The maximum Gasteiger partial charge on any atom is 0.200 e. The summed E-state index contributed by atoms with van der Waals surface area (Å²) in [5, 5.41) is 55.8. The summed E-state index contributed by atoms with van der Waals surface area (Å²) in [7, 11) is 0. The van der Waals surface area contributed by atoms with Gasteiger partial charge in [-0.3, -0.25) is 0 Å². The molecule has 6 N–H and O–H groups in total. The number of phenols is 6. The highest BCUT2D eigenvalue weighted by Crippen LogP contribution is 2.43. The van der Waals surface area contributed by atoms with E-state index in [1.807, 2.05) is 0 Å². The van der Waals surface area contributed by atoms with Crippen LogP contribution in [0.3, 0.4) is 0 Å². The highest BCUT2D eigenvalue weighted by molar-refractivity contribution is 5.74. The molecule has 94 valence electrons. The summed E-state index contributed by atoms with van der Waals surface area (Å²) in [6, 6.07) is 4.56. The topological polar surface area (TPSA) is 121 Å². The van der Waals surface area contributed by atoms with Gasteiger partial charge in [-0.15, -0.1) is 0 Å². The molecule has 0 aliphatic heterocycles. The first-order chi connectivity index (χ1) is 8.40. The second-order valence-corrected chi connectivity index (χ2v) is 3.73. The quantitative estimate of drug-likeness (QED) is 0.427. The zero-order valence-corrected chi connectivity index (χ0v) is 8.99. The van der Waals surface area contributed by atoms with Gasteiger partial charge in [0.25, 0.3) is 0 Å². The van der Waals surface area contributed by atoms with E-state index in [0.29, 0.717) is 0 Å². The van der Waals surface area contributed by atoms with Crippen molar-refractivity contribution in [2.24, 2.45) is 0 Å².